The van der Waals surface area contributed by atoms with Gasteiger partial charge in [-0.3, -0.25) is 4.68 Å². The van der Waals surface area contributed by atoms with Crippen LogP contribution in [0.1, 0.15) is 43.2 Å². The van der Waals surface area contributed by atoms with Gasteiger partial charge in [-0.2, -0.15) is 5.10 Å². The van der Waals surface area contributed by atoms with Crippen molar-refractivity contribution < 1.29 is 0 Å². The number of nitrogens with one attached hydrogen (secondary N) is 1. The average molecular weight is 292 g/mol. The van der Waals surface area contributed by atoms with Crippen LogP contribution in [0.3, 0.4) is 0 Å². The predicted molar refractivity (Wildman–Crippen MR) is 78.8 cm³/mol. The van der Waals surface area contributed by atoms with Crippen molar-refractivity contribution in [1.29, 1.82) is 0 Å². The standard InChI is InChI=1S/C14H18ClN5/c1-10-17-13(15)8-14(18-10)16-9-11-6-7-20(19-11)12-4-2-3-5-12/h6-8,12H,2-5,9H2,1H3,(H,16,17,18). The molecule has 1 N–H and O–H groups in total. The zero-order valence-corrected chi connectivity index (χ0v) is 12.3. The molecule has 0 unspecified atom stereocenters. The van der Waals surface area contributed by atoms with Gasteiger partial charge in [-0.1, -0.05) is 24.4 Å². The highest BCUT2D eigenvalue weighted by atomic mass is 35.5. The van der Waals surface area contributed by atoms with Crippen LogP contribution in [-0.4, -0.2) is 19.7 Å². The maximum atomic E-state index is 5.91. The molecular weight excluding hydrogens is 274 g/mol. The fourth-order valence-corrected chi connectivity index (χ4v) is 2.87. The largest absolute Gasteiger partial charge is 0.364 e. The number of aromatic nitrogens is 4. The van der Waals surface area contributed by atoms with E-state index in [0.717, 1.165) is 11.5 Å². The summed E-state index contributed by atoms with van der Waals surface area (Å²) < 4.78 is 2.10. The molecule has 2 aromatic rings. The Hall–Kier alpha value is -1.62. The Morgan fingerprint density at radius 2 is 2.15 bits per heavy atom. The maximum Gasteiger partial charge on any atom is 0.134 e. The van der Waals surface area contributed by atoms with E-state index in [1.807, 2.05) is 6.92 Å². The van der Waals surface area contributed by atoms with Gasteiger partial charge in [-0.05, 0) is 25.8 Å². The van der Waals surface area contributed by atoms with E-state index in [-0.39, 0.29) is 0 Å². The van der Waals surface area contributed by atoms with Crippen molar-refractivity contribution in [3.8, 4) is 0 Å². The summed E-state index contributed by atoms with van der Waals surface area (Å²) in [5.41, 5.74) is 1.02. The van der Waals surface area contributed by atoms with Crippen LogP contribution in [0.2, 0.25) is 5.15 Å². The first kappa shape index (κ1) is 13.4. The van der Waals surface area contributed by atoms with Crippen LogP contribution in [0.15, 0.2) is 18.3 Å². The summed E-state index contributed by atoms with van der Waals surface area (Å²) in [5.74, 6) is 1.40. The third-order valence-electron chi connectivity index (χ3n) is 3.62. The summed E-state index contributed by atoms with van der Waals surface area (Å²) in [6.45, 7) is 2.47. The molecule has 2 aromatic heterocycles. The van der Waals surface area contributed by atoms with Crippen LogP contribution in [0, 0.1) is 6.92 Å². The van der Waals surface area contributed by atoms with E-state index in [4.69, 9.17) is 11.6 Å². The third kappa shape index (κ3) is 3.10. The molecule has 0 spiro atoms. The lowest BCUT2D eigenvalue weighted by Crippen LogP contribution is -2.08. The number of hydrogen-bond donors (Lipinski definition) is 1. The molecule has 2 heterocycles. The molecular formula is C14H18ClN5. The molecule has 106 valence electrons. The number of rotatable bonds is 4. The van der Waals surface area contributed by atoms with Gasteiger partial charge in [0.1, 0.15) is 16.8 Å². The minimum absolute atomic E-state index is 0.455. The highest BCUT2D eigenvalue weighted by molar-refractivity contribution is 6.29. The van der Waals surface area contributed by atoms with Crippen LogP contribution < -0.4 is 5.32 Å². The highest BCUT2D eigenvalue weighted by Crippen LogP contribution is 2.28. The molecule has 0 radical (unpaired) electrons. The van der Waals surface area contributed by atoms with E-state index in [1.165, 1.54) is 25.7 Å². The Morgan fingerprint density at radius 1 is 1.35 bits per heavy atom. The second kappa shape index (κ2) is 5.79. The molecule has 1 saturated carbocycles. The average Bonchev–Trinajstić information content (AvgIpc) is 3.06. The lowest BCUT2D eigenvalue weighted by atomic mass is 10.3. The zero-order valence-electron chi connectivity index (χ0n) is 11.5. The van der Waals surface area contributed by atoms with Crippen molar-refractivity contribution in [2.75, 3.05) is 5.32 Å². The molecule has 1 aliphatic rings. The van der Waals surface area contributed by atoms with Gasteiger partial charge in [0.05, 0.1) is 18.3 Å². The smallest absolute Gasteiger partial charge is 0.134 e. The maximum absolute atomic E-state index is 5.91. The predicted octanol–water partition coefficient (Wildman–Crippen LogP) is 3.36. The second-order valence-electron chi connectivity index (χ2n) is 5.20. The van der Waals surface area contributed by atoms with Gasteiger partial charge in [0.25, 0.3) is 0 Å². The van der Waals surface area contributed by atoms with E-state index in [2.05, 4.69) is 37.3 Å². The zero-order chi connectivity index (χ0) is 13.9. The number of hydrogen-bond acceptors (Lipinski definition) is 4. The van der Waals surface area contributed by atoms with Crippen LogP contribution in [0.4, 0.5) is 5.82 Å². The minimum atomic E-state index is 0.455. The monoisotopic (exact) mass is 291 g/mol. The number of anilines is 1. The normalized spacial score (nSPS) is 15.7. The van der Waals surface area contributed by atoms with Crippen molar-refractivity contribution >= 4 is 17.4 Å². The highest BCUT2D eigenvalue weighted by Gasteiger charge is 2.17. The molecule has 20 heavy (non-hydrogen) atoms. The molecule has 1 fully saturated rings. The summed E-state index contributed by atoms with van der Waals surface area (Å²) in [7, 11) is 0. The molecule has 0 atom stereocenters. The van der Waals surface area contributed by atoms with Gasteiger partial charge in [0, 0.05) is 12.3 Å². The van der Waals surface area contributed by atoms with Gasteiger partial charge in [0.15, 0.2) is 0 Å². The molecule has 3 rings (SSSR count). The van der Waals surface area contributed by atoms with Crippen LogP contribution in [0.25, 0.3) is 0 Å². The van der Waals surface area contributed by atoms with Crippen molar-refractivity contribution in [2.24, 2.45) is 0 Å². The summed E-state index contributed by atoms with van der Waals surface area (Å²) in [6.07, 6.45) is 7.20. The lowest BCUT2D eigenvalue weighted by Gasteiger charge is -2.09. The van der Waals surface area contributed by atoms with Gasteiger partial charge < -0.3 is 5.32 Å². The van der Waals surface area contributed by atoms with E-state index in [1.54, 1.807) is 6.07 Å². The van der Waals surface area contributed by atoms with Crippen molar-refractivity contribution in [3.05, 3.63) is 35.0 Å². The number of aryl methyl sites for hydroxylation is 1. The topological polar surface area (TPSA) is 55.6 Å². The molecule has 0 aromatic carbocycles. The van der Waals surface area contributed by atoms with Crippen LogP contribution >= 0.6 is 11.6 Å². The minimum Gasteiger partial charge on any atom is -0.364 e. The fourth-order valence-electron chi connectivity index (χ4n) is 2.65. The molecule has 0 amide bonds. The van der Waals surface area contributed by atoms with Crippen molar-refractivity contribution in [2.45, 2.75) is 45.2 Å². The number of nitrogens with zero attached hydrogens (tertiary/aromatic N) is 4. The summed E-state index contributed by atoms with van der Waals surface area (Å²) in [4.78, 5) is 8.33. The van der Waals surface area contributed by atoms with E-state index in [9.17, 15) is 0 Å². The molecule has 0 saturated heterocycles. The van der Waals surface area contributed by atoms with Crippen LogP contribution in [-0.2, 0) is 6.54 Å². The second-order valence-corrected chi connectivity index (χ2v) is 5.59. The van der Waals surface area contributed by atoms with E-state index >= 15 is 0 Å². The quantitative estimate of drug-likeness (QED) is 0.878. The van der Waals surface area contributed by atoms with E-state index in [0.29, 0.717) is 23.6 Å². The Kier molecular flexibility index (Phi) is 3.87. The Balaban J connectivity index is 1.63. The lowest BCUT2D eigenvalue weighted by molar-refractivity contribution is 0.463. The third-order valence-corrected chi connectivity index (χ3v) is 3.81. The summed E-state index contributed by atoms with van der Waals surface area (Å²) in [5, 5.41) is 8.32. The summed E-state index contributed by atoms with van der Waals surface area (Å²) in [6, 6.07) is 4.36. The fraction of sp³-hybridized carbons (Fsp3) is 0.500. The van der Waals surface area contributed by atoms with Gasteiger partial charge in [-0.25, -0.2) is 9.97 Å². The van der Waals surface area contributed by atoms with Crippen molar-refractivity contribution in [1.82, 2.24) is 19.7 Å². The first-order valence-electron chi connectivity index (χ1n) is 7.00. The molecule has 6 heteroatoms. The molecule has 1 aliphatic carbocycles. The van der Waals surface area contributed by atoms with Gasteiger partial charge in [-0.15, -0.1) is 0 Å². The first-order chi connectivity index (χ1) is 9.70. The van der Waals surface area contributed by atoms with E-state index < -0.39 is 0 Å². The van der Waals surface area contributed by atoms with Crippen LogP contribution in [0.5, 0.6) is 0 Å². The SMILES string of the molecule is Cc1nc(Cl)cc(NCc2ccn(C3CCCC3)n2)n1. The number of halogens is 1. The molecule has 5 nitrogen and oxygen atoms in total. The van der Waals surface area contributed by atoms with Crippen molar-refractivity contribution in [3.63, 3.8) is 0 Å². The Bertz CT molecular complexity index is 569. The van der Waals surface area contributed by atoms with Gasteiger partial charge in [0.2, 0.25) is 0 Å². The first-order valence-corrected chi connectivity index (χ1v) is 7.37. The Labute approximate surface area is 123 Å². The molecule has 0 bridgehead atoms. The summed E-state index contributed by atoms with van der Waals surface area (Å²) >= 11 is 5.91. The molecule has 0 aliphatic heterocycles. The van der Waals surface area contributed by atoms with Gasteiger partial charge >= 0.3 is 0 Å². The Morgan fingerprint density at radius 3 is 2.90 bits per heavy atom.